The molecule has 0 aromatic heterocycles. The second-order valence-corrected chi connectivity index (χ2v) is 3.49. The molecule has 0 heterocycles. The molecular weight excluding hydrogens is 206 g/mol. The van der Waals surface area contributed by atoms with Gasteiger partial charge in [-0.25, -0.2) is 4.79 Å². The van der Waals surface area contributed by atoms with Gasteiger partial charge >= 0.3 is 11.9 Å². The number of ether oxygens (including phenoxy) is 1. The highest BCUT2D eigenvalue weighted by atomic mass is 16.6. The van der Waals surface area contributed by atoms with Crippen molar-refractivity contribution >= 4 is 17.6 Å². The summed E-state index contributed by atoms with van der Waals surface area (Å²) in [5.74, 6) is -1.11. The Kier molecular flexibility index (Phi) is 4.51. The molecule has 16 heavy (non-hydrogen) atoms. The second kappa shape index (κ2) is 5.90. The molecule has 0 radical (unpaired) electrons. The summed E-state index contributed by atoms with van der Waals surface area (Å²) >= 11 is 0. The first-order valence-corrected chi connectivity index (χ1v) is 5.24. The monoisotopic (exact) mass is 221 g/mol. The zero-order valence-corrected chi connectivity index (χ0v) is 9.23. The number of benzene rings is 1. The van der Waals surface area contributed by atoms with Gasteiger partial charge in [0.25, 0.3) is 0 Å². The number of carbonyl (C=O) groups excluding carboxylic acids is 2. The molecule has 0 aliphatic rings. The van der Waals surface area contributed by atoms with Crippen LogP contribution in [0, 0.1) is 0 Å². The van der Waals surface area contributed by atoms with Crippen molar-refractivity contribution in [2.24, 2.45) is 0 Å². The van der Waals surface area contributed by atoms with Crippen LogP contribution in [0.15, 0.2) is 24.3 Å². The number of anilines is 1. The topological polar surface area (TPSA) is 69.4 Å². The minimum Gasteiger partial charge on any atom is -0.399 e. The Morgan fingerprint density at radius 2 is 1.88 bits per heavy atom. The molecule has 0 saturated heterocycles. The van der Waals surface area contributed by atoms with Gasteiger partial charge in [-0.3, -0.25) is 4.79 Å². The fraction of sp³-hybridized carbons (Fsp3) is 0.333. The number of nitrogen functional groups attached to an aromatic ring is 1. The zero-order valence-electron chi connectivity index (χ0n) is 9.23. The maximum atomic E-state index is 11.4. The molecule has 0 amide bonds. The average Bonchev–Trinajstić information content (AvgIpc) is 2.27. The van der Waals surface area contributed by atoms with Gasteiger partial charge in [0.1, 0.15) is 0 Å². The molecule has 0 spiro atoms. The van der Waals surface area contributed by atoms with E-state index in [4.69, 9.17) is 5.73 Å². The van der Waals surface area contributed by atoms with Crippen molar-refractivity contribution in [3.8, 4) is 0 Å². The lowest BCUT2D eigenvalue weighted by molar-refractivity contribution is -0.138. The van der Waals surface area contributed by atoms with E-state index in [2.05, 4.69) is 4.74 Å². The van der Waals surface area contributed by atoms with Crippen molar-refractivity contribution in [3.63, 3.8) is 0 Å². The maximum absolute atomic E-state index is 11.4. The van der Waals surface area contributed by atoms with Gasteiger partial charge in [0.05, 0.1) is 5.56 Å². The predicted molar refractivity (Wildman–Crippen MR) is 60.8 cm³/mol. The molecule has 0 aliphatic carbocycles. The number of hydrogen-bond acceptors (Lipinski definition) is 4. The van der Waals surface area contributed by atoms with Gasteiger partial charge in [0, 0.05) is 12.1 Å². The minimum absolute atomic E-state index is 0.275. The van der Waals surface area contributed by atoms with E-state index in [1.165, 1.54) is 12.1 Å². The molecule has 1 aromatic carbocycles. The molecule has 86 valence electrons. The molecule has 0 bridgehead atoms. The smallest absolute Gasteiger partial charge is 0.345 e. The largest absolute Gasteiger partial charge is 0.399 e. The van der Waals surface area contributed by atoms with Gasteiger partial charge in [0.2, 0.25) is 0 Å². The van der Waals surface area contributed by atoms with Crippen LogP contribution in [-0.4, -0.2) is 11.9 Å². The Morgan fingerprint density at radius 3 is 2.44 bits per heavy atom. The van der Waals surface area contributed by atoms with E-state index in [0.717, 1.165) is 12.8 Å². The van der Waals surface area contributed by atoms with E-state index in [1.54, 1.807) is 12.1 Å². The standard InChI is InChI=1S/C12H15NO3/c1-2-3-4-11(14)16-12(15)9-5-7-10(13)8-6-9/h5-8H,2-4,13H2,1H3. The van der Waals surface area contributed by atoms with Gasteiger partial charge in [-0.1, -0.05) is 13.3 Å². The Labute approximate surface area is 94.4 Å². The Morgan fingerprint density at radius 1 is 1.25 bits per heavy atom. The lowest BCUT2D eigenvalue weighted by Crippen LogP contribution is -2.12. The summed E-state index contributed by atoms with van der Waals surface area (Å²) in [4.78, 5) is 22.6. The first-order valence-electron chi connectivity index (χ1n) is 5.24. The number of carbonyl (C=O) groups is 2. The highest BCUT2D eigenvalue weighted by Crippen LogP contribution is 2.08. The zero-order chi connectivity index (χ0) is 12.0. The molecule has 0 unspecified atom stereocenters. The summed E-state index contributed by atoms with van der Waals surface area (Å²) in [6, 6.07) is 6.25. The number of hydrogen-bond donors (Lipinski definition) is 1. The number of nitrogens with two attached hydrogens (primary N) is 1. The van der Waals surface area contributed by atoms with Crippen LogP contribution >= 0.6 is 0 Å². The minimum atomic E-state index is -0.624. The van der Waals surface area contributed by atoms with Crippen molar-refractivity contribution in [1.29, 1.82) is 0 Å². The van der Waals surface area contributed by atoms with Gasteiger partial charge in [-0.15, -0.1) is 0 Å². The molecule has 0 aliphatic heterocycles. The molecule has 2 N–H and O–H groups in total. The number of rotatable bonds is 4. The van der Waals surface area contributed by atoms with Crippen LogP contribution in [0.4, 0.5) is 5.69 Å². The number of unbranched alkanes of at least 4 members (excludes halogenated alkanes) is 1. The molecule has 1 aromatic rings. The summed E-state index contributed by atoms with van der Waals surface area (Å²) < 4.78 is 4.66. The van der Waals surface area contributed by atoms with E-state index in [9.17, 15) is 9.59 Å². The summed E-state index contributed by atoms with van der Waals surface area (Å²) in [5, 5.41) is 0. The van der Waals surface area contributed by atoms with Crippen LogP contribution in [0.1, 0.15) is 36.5 Å². The van der Waals surface area contributed by atoms with E-state index in [0.29, 0.717) is 11.3 Å². The lowest BCUT2D eigenvalue weighted by atomic mass is 10.2. The van der Waals surface area contributed by atoms with E-state index in [1.807, 2.05) is 6.92 Å². The molecule has 1 rings (SSSR count). The molecular formula is C12H15NO3. The summed E-state index contributed by atoms with van der Waals surface area (Å²) in [5.41, 5.74) is 6.37. The normalized spacial score (nSPS) is 9.81. The van der Waals surface area contributed by atoms with Crippen molar-refractivity contribution in [2.75, 3.05) is 5.73 Å². The third-order valence-corrected chi connectivity index (χ3v) is 2.09. The average molecular weight is 221 g/mol. The van der Waals surface area contributed by atoms with Gasteiger partial charge < -0.3 is 10.5 Å². The Hall–Kier alpha value is -1.84. The maximum Gasteiger partial charge on any atom is 0.345 e. The van der Waals surface area contributed by atoms with Crippen molar-refractivity contribution in [2.45, 2.75) is 26.2 Å². The van der Waals surface area contributed by atoms with Crippen LogP contribution in [0.25, 0.3) is 0 Å². The fourth-order valence-electron chi connectivity index (χ4n) is 1.15. The van der Waals surface area contributed by atoms with Crippen LogP contribution < -0.4 is 5.73 Å². The Balaban J connectivity index is 2.52. The van der Waals surface area contributed by atoms with Crippen LogP contribution in [0.2, 0.25) is 0 Å². The molecule has 0 saturated carbocycles. The first kappa shape index (κ1) is 12.2. The van der Waals surface area contributed by atoms with Gasteiger partial charge in [-0.2, -0.15) is 0 Å². The Bertz CT molecular complexity index is 370. The summed E-state index contributed by atoms with van der Waals surface area (Å²) in [6.45, 7) is 1.97. The molecule has 4 heteroatoms. The first-order chi connectivity index (χ1) is 7.63. The van der Waals surface area contributed by atoms with E-state index < -0.39 is 11.9 Å². The van der Waals surface area contributed by atoms with Crippen molar-refractivity contribution < 1.29 is 14.3 Å². The van der Waals surface area contributed by atoms with E-state index in [-0.39, 0.29) is 6.42 Å². The van der Waals surface area contributed by atoms with Crippen LogP contribution in [-0.2, 0) is 9.53 Å². The van der Waals surface area contributed by atoms with Gasteiger partial charge in [0.15, 0.2) is 0 Å². The second-order valence-electron chi connectivity index (χ2n) is 3.49. The van der Waals surface area contributed by atoms with Crippen LogP contribution in [0.3, 0.4) is 0 Å². The van der Waals surface area contributed by atoms with E-state index >= 15 is 0 Å². The van der Waals surface area contributed by atoms with Gasteiger partial charge in [-0.05, 0) is 30.7 Å². The summed E-state index contributed by atoms with van der Waals surface area (Å²) in [6.07, 6.45) is 1.90. The SMILES string of the molecule is CCCCC(=O)OC(=O)c1ccc(N)cc1. The third kappa shape index (κ3) is 3.73. The lowest BCUT2D eigenvalue weighted by Gasteiger charge is -2.02. The third-order valence-electron chi connectivity index (χ3n) is 2.09. The predicted octanol–water partition coefficient (Wildman–Crippen LogP) is 2.14. The molecule has 4 nitrogen and oxygen atoms in total. The highest BCUT2D eigenvalue weighted by molar-refractivity contribution is 5.96. The summed E-state index contributed by atoms with van der Waals surface area (Å²) in [7, 11) is 0. The highest BCUT2D eigenvalue weighted by Gasteiger charge is 2.11. The number of esters is 2. The fourth-order valence-corrected chi connectivity index (χ4v) is 1.15. The molecule has 0 fully saturated rings. The van der Waals surface area contributed by atoms with Crippen molar-refractivity contribution in [1.82, 2.24) is 0 Å². The quantitative estimate of drug-likeness (QED) is 0.480. The van der Waals surface area contributed by atoms with Crippen LogP contribution in [0.5, 0.6) is 0 Å². The van der Waals surface area contributed by atoms with Crippen molar-refractivity contribution in [3.05, 3.63) is 29.8 Å². The molecule has 0 atom stereocenters.